The van der Waals surface area contributed by atoms with Crippen molar-refractivity contribution in [2.24, 2.45) is 5.92 Å². The van der Waals surface area contributed by atoms with Crippen molar-refractivity contribution in [1.82, 2.24) is 15.6 Å². The van der Waals surface area contributed by atoms with Crippen LogP contribution < -0.4 is 10.6 Å². The Morgan fingerprint density at radius 3 is 2.70 bits per heavy atom. The van der Waals surface area contributed by atoms with Gasteiger partial charge in [-0.3, -0.25) is 0 Å². The number of urea groups is 1. The van der Waals surface area contributed by atoms with E-state index in [2.05, 4.69) is 15.6 Å². The van der Waals surface area contributed by atoms with Crippen LogP contribution in [0.25, 0.3) is 10.9 Å². The molecule has 0 aliphatic carbocycles. The van der Waals surface area contributed by atoms with E-state index in [1.807, 2.05) is 44.3 Å². The highest BCUT2D eigenvalue weighted by atomic mass is 16.5. The van der Waals surface area contributed by atoms with Gasteiger partial charge in [0.05, 0.1) is 7.11 Å². The van der Waals surface area contributed by atoms with Crippen molar-refractivity contribution in [3.05, 3.63) is 36.0 Å². The predicted molar refractivity (Wildman–Crippen MR) is 89.2 cm³/mol. The van der Waals surface area contributed by atoms with E-state index in [9.17, 15) is 9.59 Å². The van der Waals surface area contributed by atoms with E-state index in [4.69, 9.17) is 4.74 Å². The maximum absolute atomic E-state index is 11.9. The first-order chi connectivity index (χ1) is 11.0. The van der Waals surface area contributed by atoms with Gasteiger partial charge in [0.1, 0.15) is 6.04 Å². The second-order valence-corrected chi connectivity index (χ2v) is 5.75. The number of hydrogen-bond acceptors (Lipinski definition) is 3. The Hall–Kier alpha value is -2.50. The second kappa shape index (κ2) is 7.67. The standard InChI is InChI=1S/C17H23N3O3/c1-11(2)15(16(21)23-3)20-17(22)18-9-8-12-10-19-14-7-5-4-6-13(12)14/h4-7,10-11,15,19H,8-9H2,1-3H3,(H2,18,20,22). The molecule has 0 fully saturated rings. The number of rotatable bonds is 6. The van der Waals surface area contributed by atoms with Crippen LogP contribution in [0.5, 0.6) is 0 Å². The molecule has 1 aromatic carbocycles. The van der Waals surface area contributed by atoms with E-state index in [0.717, 1.165) is 16.5 Å². The highest BCUT2D eigenvalue weighted by Gasteiger charge is 2.24. The molecule has 2 aromatic rings. The summed E-state index contributed by atoms with van der Waals surface area (Å²) in [6.07, 6.45) is 2.66. The third kappa shape index (κ3) is 4.25. The molecule has 0 spiro atoms. The lowest BCUT2D eigenvalue weighted by Gasteiger charge is -2.20. The fourth-order valence-corrected chi connectivity index (χ4v) is 2.47. The summed E-state index contributed by atoms with van der Waals surface area (Å²) in [4.78, 5) is 26.8. The molecule has 6 heteroatoms. The number of carbonyl (C=O) groups is 2. The molecule has 1 unspecified atom stereocenters. The van der Waals surface area contributed by atoms with Crippen molar-refractivity contribution in [1.29, 1.82) is 0 Å². The maximum Gasteiger partial charge on any atom is 0.328 e. The van der Waals surface area contributed by atoms with Crippen LogP contribution in [-0.4, -0.2) is 36.7 Å². The number of para-hydroxylation sites is 1. The van der Waals surface area contributed by atoms with Crippen LogP contribution >= 0.6 is 0 Å². The number of ether oxygens (including phenoxy) is 1. The Kier molecular flexibility index (Phi) is 5.62. The second-order valence-electron chi connectivity index (χ2n) is 5.75. The van der Waals surface area contributed by atoms with Gasteiger partial charge < -0.3 is 20.4 Å². The Labute approximate surface area is 135 Å². The van der Waals surface area contributed by atoms with Crippen molar-refractivity contribution >= 4 is 22.9 Å². The van der Waals surface area contributed by atoms with E-state index >= 15 is 0 Å². The summed E-state index contributed by atoms with van der Waals surface area (Å²) >= 11 is 0. The number of H-pyrrole nitrogens is 1. The summed E-state index contributed by atoms with van der Waals surface area (Å²) in [5, 5.41) is 6.59. The third-order valence-electron chi connectivity index (χ3n) is 3.76. The van der Waals surface area contributed by atoms with E-state index in [0.29, 0.717) is 13.0 Å². The van der Waals surface area contributed by atoms with Gasteiger partial charge in [-0.25, -0.2) is 9.59 Å². The number of carbonyl (C=O) groups excluding carboxylic acids is 2. The van der Waals surface area contributed by atoms with Gasteiger partial charge in [-0.1, -0.05) is 32.0 Å². The van der Waals surface area contributed by atoms with E-state index in [1.165, 1.54) is 7.11 Å². The van der Waals surface area contributed by atoms with Crippen LogP contribution in [0, 0.1) is 5.92 Å². The number of methoxy groups -OCH3 is 1. The molecule has 0 radical (unpaired) electrons. The molecular weight excluding hydrogens is 294 g/mol. The lowest BCUT2D eigenvalue weighted by atomic mass is 10.1. The first-order valence-electron chi connectivity index (χ1n) is 7.70. The van der Waals surface area contributed by atoms with Gasteiger partial charge in [-0.15, -0.1) is 0 Å². The molecule has 3 N–H and O–H groups in total. The van der Waals surface area contributed by atoms with E-state index in [1.54, 1.807) is 0 Å². The molecule has 0 aliphatic heterocycles. The largest absolute Gasteiger partial charge is 0.467 e. The molecule has 0 bridgehead atoms. The van der Waals surface area contributed by atoms with Crippen molar-refractivity contribution in [2.45, 2.75) is 26.3 Å². The number of hydrogen-bond donors (Lipinski definition) is 3. The summed E-state index contributed by atoms with van der Waals surface area (Å²) in [5.74, 6) is -0.478. The topological polar surface area (TPSA) is 83.2 Å². The van der Waals surface area contributed by atoms with Crippen molar-refractivity contribution < 1.29 is 14.3 Å². The number of aromatic nitrogens is 1. The number of amides is 2. The van der Waals surface area contributed by atoms with Crippen molar-refractivity contribution in [3.63, 3.8) is 0 Å². The number of nitrogens with one attached hydrogen (secondary N) is 3. The average Bonchev–Trinajstić information content (AvgIpc) is 2.95. The third-order valence-corrected chi connectivity index (χ3v) is 3.76. The molecule has 2 rings (SSSR count). The summed E-state index contributed by atoms with van der Waals surface area (Å²) < 4.78 is 4.70. The predicted octanol–water partition coefficient (Wildman–Crippen LogP) is 2.21. The van der Waals surface area contributed by atoms with Gasteiger partial charge in [0.2, 0.25) is 0 Å². The number of esters is 1. The Morgan fingerprint density at radius 1 is 1.26 bits per heavy atom. The van der Waals surface area contributed by atoms with Gasteiger partial charge in [-0.05, 0) is 24.0 Å². The monoisotopic (exact) mass is 317 g/mol. The lowest BCUT2D eigenvalue weighted by molar-refractivity contribution is -0.143. The molecule has 2 amide bonds. The van der Waals surface area contributed by atoms with Crippen LogP contribution in [0.3, 0.4) is 0 Å². The van der Waals surface area contributed by atoms with Crippen molar-refractivity contribution in [3.8, 4) is 0 Å². The minimum absolute atomic E-state index is 0.0400. The van der Waals surface area contributed by atoms with E-state index < -0.39 is 12.0 Å². The fraction of sp³-hybridized carbons (Fsp3) is 0.412. The summed E-state index contributed by atoms with van der Waals surface area (Å²) in [6.45, 7) is 4.20. The Balaban J connectivity index is 1.86. The van der Waals surface area contributed by atoms with Gasteiger partial charge >= 0.3 is 12.0 Å². The van der Waals surface area contributed by atoms with Gasteiger partial charge in [0.25, 0.3) is 0 Å². The van der Waals surface area contributed by atoms with Crippen LogP contribution in [0.15, 0.2) is 30.5 Å². The number of fused-ring (bicyclic) bond motifs is 1. The number of benzene rings is 1. The molecule has 1 heterocycles. The summed E-state index contributed by atoms with van der Waals surface area (Å²) in [6, 6.07) is 7.02. The minimum atomic E-state index is -0.645. The maximum atomic E-state index is 11.9. The zero-order valence-corrected chi connectivity index (χ0v) is 13.7. The van der Waals surface area contributed by atoms with Crippen LogP contribution in [0.4, 0.5) is 4.79 Å². The molecule has 0 saturated heterocycles. The molecule has 124 valence electrons. The van der Waals surface area contributed by atoms with Gasteiger partial charge in [0, 0.05) is 23.6 Å². The fourth-order valence-electron chi connectivity index (χ4n) is 2.47. The zero-order valence-electron chi connectivity index (χ0n) is 13.7. The molecule has 1 aromatic heterocycles. The first-order valence-corrected chi connectivity index (χ1v) is 7.70. The molecule has 0 aliphatic rings. The highest BCUT2D eigenvalue weighted by Crippen LogP contribution is 2.17. The quantitative estimate of drug-likeness (QED) is 0.714. The van der Waals surface area contributed by atoms with E-state index in [-0.39, 0.29) is 11.9 Å². The highest BCUT2D eigenvalue weighted by molar-refractivity contribution is 5.84. The zero-order chi connectivity index (χ0) is 16.8. The average molecular weight is 317 g/mol. The molecular formula is C17H23N3O3. The SMILES string of the molecule is COC(=O)C(NC(=O)NCCc1c[nH]c2ccccc12)C(C)C. The Morgan fingerprint density at radius 2 is 2.00 bits per heavy atom. The first kappa shape index (κ1) is 16.9. The van der Waals surface area contributed by atoms with Gasteiger partial charge in [-0.2, -0.15) is 0 Å². The van der Waals surface area contributed by atoms with Crippen LogP contribution in [0.2, 0.25) is 0 Å². The normalized spacial score (nSPS) is 12.2. The minimum Gasteiger partial charge on any atom is -0.467 e. The smallest absolute Gasteiger partial charge is 0.328 e. The van der Waals surface area contributed by atoms with Crippen molar-refractivity contribution in [2.75, 3.05) is 13.7 Å². The molecule has 0 saturated carbocycles. The van der Waals surface area contributed by atoms with Crippen LogP contribution in [0.1, 0.15) is 19.4 Å². The molecule has 6 nitrogen and oxygen atoms in total. The lowest BCUT2D eigenvalue weighted by Crippen LogP contribution is -2.49. The molecule has 1 atom stereocenters. The Bertz CT molecular complexity index is 679. The summed E-state index contributed by atoms with van der Waals surface area (Å²) in [7, 11) is 1.31. The molecule has 23 heavy (non-hydrogen) atoms. The number of aromatic amines is 1. The van der Waals surface area contributed by atoms with Crippen LogP contribution in [-0.2, 0) is 16.0 Å². The summed E-state index contributed by atoms with van der Waals surface area (Å²) in [5.41, 5.74) is 2.23. The van der Waals surface area contributed by atoms with Gasteiger partial charge in [0.15, 0.2) is 0 Å².